The fourth-order valence-corrected chi connectivity index (χ4v) is 2.45. The maximum atomic E-state index is 12.2. The number of thiocarbonyl (C=S) groups is 1. The van der Waals surface area contributed by atoms with Gasteiger partial charge >= 0.3 is 0 Å². The lowest BCUT2D eigenvalue weighted by Crippen LogP contribution is -2.49. The molecule has 2 rings (SSSR count). The molecule has 2 amide bonds. The Morgan fingerprint density at radius 2 is 1.57 bits per heavy atom. The Labute approximate surface area is 170 Å². The van der Waals surface area contributed by atoms with Crippen molar-refractivity contribution in [1.82, 2.24) is 16.2 Å². The highest BCUT2D eigenvalue weighted by atomic mass is 32.1. The molecule has 0 saturated heterocycles. The Bertz CT molecular complexity index is 841. The van der Waals surface area contributed by atoms with Gasteiger partial charge in [-0.2, -0.15) is 0 Å². The Morgan fingerprint density at radius 1 is 0.964 bits per heavy atom. The Morgan fingerprint density at radius 3 is 2.14 bits per heavy atom. The zero-order valence-electron chi connectivity index (χ0n) is 16.5. The summed E-state index contributed by atoms with van der Waals surface area (Å²) in [6, 6.07) is 14.7. The van der Waals surface area contributed by atoms with E-state index in [1.54, 1.807) is 24.3 Å². The van der Waals surface area contributed by atoms with Crippen LogP contribution < -0.4 is 20.9 Å². The summed E-state index contributed by atoms with van der Waals surface area (Å²) >= 11 is 5.00. The zero-order chi connectivity index (χ0) is 20.7. The van der Waals surface area contributed by atoms with Crippen molar-refractivity contribution in [3.8, 4) is 5.75 Å². The topological polar surface area (TPSA) is 79.5 Å². The number of hydrogen-bond acceptors (Lipinski definition) is 4. The molecule has 0 aliphatic carbocycles. The van der Waals surface area contributed by atoms with Gasteiger partial charge in [-0.25, -0.2) is 0 Å². The second-order valence-electron chi connectivity index (χ2n) is 7.39. The molecule has 0 atom stereocenters. The van der Waals surface area contributed by atoms with E-state index in [0.29, 0.717) is 11.3 Å². The zero-order valence-corrected chi connectivity index (χ0v) is 17.3. The molecule has 6 nitrogen and oxygen atoms in total. The van der Waals surface area contributed by atoms with Crippen molar-refractivity contribution < 1.29 is 14.3 Å². The number of carbonyl (C=O) groups excluding carboxylic acids is 2. The van der Waals surface area contributed by atoms with Gasteiger partial charge in [0, 0.05) is 5.56 Å². The molecule has 0 heterocycles. The summed E-state index contributed by atoms with van der Waals surface area (Å²) in [5.74, 6) is -0.193. The van der Waals surface area contributed by atoms with Gasteiger partial charge in [-0.1, -0.05) is 50.6 Å². The fourth-order valence-electron chi connectivity index (χ4n) is 2.28. The number of nitrogens with one attached hydrogen (secondary N) is 3. The van der Waals surface area contributed by atoms with Crippen LogP contribution >= 0.6 is 12.2 Å². The van der Waals surface area contributed by atoms with Gasteiger partial charge in [-0.15, -0.1) is 0 Å². The van der Waals surface area contributed by atoms with Crippen LogP contribution in [-0.2, 0) is 10.2 Å². The number of hydrazine groups is 1. The summed E-state index contributed by atoms with van der Waals surface area (Å²) in [4.78, 5) is 24.0. The normalized spacial score (nSPS) is 10.7. The molecule has 0 aromatic heterocycles. The van der Waals surface area contributed by atoms with Crippen molar-refractivity contribution in [2.24, 2.45) is 0 Å². The number of benzene rings is 2. The van der Waals surface area contributed by atoms with Crippen LogP contribution in [0.4, 0.5) is 0 Å². The third-order valence-corrected chi connectivity index (χ3v) is 4.15. The molecule has 0 fully saturated rings. The number of rotatable bonds is 4. The van der Waals surface area contributed by atoms with E-state index < -0.39 is 5.91 Å². The van der Waals surface area contributed by atoms with E-state index in [4.69, 9.17) is 17.0 Å². The van der Waals surface area contributed by atoms with Crippen LogP contribution in [0, 0.1) is 6.92 Å². The summed E-state index contributed by atoms with van der Waals surface area (Å²) in [5, 5.41) is 2.42. The molecule has 0 saturated carbocycles. The molecule has 0 aliphatic rings. The first-order chi connectivity index (χ1) is 13.1. The first-order valence-electron chi connectivity index (χ1n) is 8.85. The maximum Gasteiger partial charge on any atom is 0.269 e. The Kier molecular flexibility index (Phi) is 7.12. The summed E-state index contributed by atoms with van der Waals surface area (Å²) in [5.41, 5.74) is 7.70. The van der Waals surface area contributed by atoms with E-state index >= 15 is 0 Å². The quantitative estimate of drug-likeness (QED) is 0.544. The summed E-state index contributed by atoms with van der Waals surface area (Å²) in [6.07, 6.45) is 0. The summed E-state index contributed by atoms with van der Waals surface area (Å²) < 4.78 is 5.37. The summed E-state index contributed by atoms with van der Waals surface area (Å²) in [7, 11) is 0. The van der Waals surface area contributed by atoms with Crippen LogP contribution in [0.1, 0.15) is 42.3 Å². The van der Waals surface area contributed by atoms with E-state index in [2.05, 4.69) is 36.9 Å². The van der Waals surface area contributed by atoms with Crippen LogP contribution in [0.3, 0.4) is 0 Å². The molecule has 28 heavy (non-hydrogen) atoms. The lowest BCUT2D eigenvalue weighted by molar-refractivity contribution is -0.121. The molecular weight excluding hydrogens is 374 g/mol. The van der Waals surface area contributed by atoms with E-state index in [0.717, 1.165) is 11.1 Å². The number of ether oxygens (including phenoxy) is 1. The van der Waals surface area contributed by atoms with Gasteiger partial charge in [-0.05, 0) is 54.4 Å². The third-order valence-electron chi connectivity index (χ3n) is 3.95. The van der Waals surface area contributed by atoms with Crippen LogP contribution in [-0.4, -0.2) is 23.5 Å². The van der Waals surface area contributed by atoms with Crippen molar-refractivity contribution in [2.75, 3.05) is 6.61 Å². The highest BCUT2D eigenvalue weighted by Crippen LogP contribution is 2.22. The van der Waals surface area contributed by atoms with E-state index in [9.17, 15) is 9.59 Å². The van der Waals surface area contributed by atoms with Gasteiger partial charge in [0.25, 0.3) is 11.8 Å². The van der Waals surface area contributed by atoms with Crippen LogP contribution in [0.5, 0.6) is 5.75 Å². The van der Waals surface area contributed by atoms with Crippen molar-refractivity contribution in [3.05, 3.63) is 65.2 Å². The molecule has 7 heteroatoms. The highest BCUT2D eigenvalue weighted by molar-refractivity contribution is 7.80. The minimum absolute atomic E-state index is 0.0136. The number of carbonyl (C=O) groups is 2. The summed E-state index contributed by atoms with van der Waals surface area (Å²) in [6.45, 7) is 8.09. The van der Waals surface area contributed by atoms with Crippen LogP contribution in [0.15, 0.2) is 48.5 Å². The third kappa shape index (κ3) is 6.66. The minimum Gasteiger partial charge on any atom is -0.484 e. The molecule has 3 N–H and O–H groups in total. The molecule has 0 spiro atoms. The number of hydrogen-bond donors (Lipinski definition) is 3. The van der Waals surface area contributed by atoms with Gasteiger partial charge in [0.1, 0.15) is 5.75 Å². The lowest BCUT2D eigenvalue weighted by atomic mass is 9.87. The first-order valence-corrected chi connectivity index (χ1v) is 9.26. The van der Waals surface area contributed by atoms with Crippen LogP contribution in [0.25, 0.3) is 0 Å². The smallest absolute Gasteiger partial charge is 0.269 e. The number of amides is 2. The van der Waals surface area contributed by atoms with E-state index in [1.807, 2.05) is 31.2 Å². The monoisotopic (exact) mass is 399 g/mol. The molecule has 0 unspecified atom stereocenters. The molecule has 0 aliphatic heterocycles. The van der Waals surface area contributed by atoms with E-state index in [-0.39, 0.29) is 23.0 Å². The second-order valence-corrected chi connectivity index (χ2v) is 7.79. The van der Waals surface area contributed by atoms with Crippen molar-refractivity contribution >= 4 is 29.1 Å². The standard InChI is InChI=1S/C21H25N3O3S/c1-14-5-11-17(12-6-14)27-13-18(25)22-20(28)24-23-19(26)15-7-9-16(10-8-15)21(2,3)4/h5-12H,13H2,1-4H3,(H,23,26)(H2,22,24,25,28). The van der Waals surface area contributed by atoms with Gasteiger partial charge in [0.15, 0.2) is 11.7 Å². The highest BCUT2D eigenvalue weighted by Gasteiger charge is 2.14. The molecular formula is C21H25N3O3S. The second kappa shape index (κ2) is 9.32. The molecule has 2 aromatic carbocycles. The first kappa shape index (κ1) is 21.4. The van der Waals surface area contributed by atoms with Crippen molar-refractivity contribution in [1.29, 1.82) is 0 Å². The predicted octanol–water partition coefficient (Wildman–Crippen LogP) is 3.01. The molecule has 148 valence electrons. The molecule has 0 bridgehead atoms. The predicted molar refractivity (Wildman–Crippen MR) is 113 cm³/mol. The maximum absolute atomic E-state index is 12.2. The van der Waals surface area contributed by atoms with E-state index in [1.165, 1.54) is 0 Å². The lowest BCUT2D eigenvalue weighted by Gasteiger charge is -2.19. The van der Waals surface area contributed by atoms with Gasteiger partial charge in [0.05, 0.1) is 0 Å². The van der Waals surface area contributed by atoms with Gasteiger partial charge in [0.2, 0.25) is 0 Å². The Balaban J connectivity index is 1.75. The molecule has 0 radical (unpaired) electrons. The number of aryl methyl sites for hydroxylation is 1. The average Bonchev–Trinajstić information content (AvgIpc) is 2.65. The average molecular weight is 400 g/mol. The SMILES string of the molecule is Cc1ccc(OCC(=O)NC(=S)NNC(=O)c2ccc(C(C)(C)C)cc2)cc1. The Hall–Kier alpha value is -2.93. The minimum atomic E-state index is -0.429. The van der Waals surface area contributed by atoms with Crippen LogP contribution in [0.2, 0.25) is 0 Å². The fraction of sp³-hybridized carbons (Fsp3) is 0.286. The van der Waals surface area contributed by atoms with Crippen molar-refractivity contribution in [3.63, 3.8) is 0 Å². The largest absolute Gasteiger partial charge is 0.484 e. The van der Waals surface area contributed by atoms with Gasteiger partial charge in [-0.3, -0.25) is 25.8 Å². The van der Waals surface area contributed by atoms with Crippen molar-refractivity contribution in [2.45, 2.75) is 33.1 Å². The van der Waals surface area contributed by atoms with Gasteiger partial charge < -0.3 is 4.74 Å². The molecule has 2 aromatic rings.